The quantitative estimate of drug-likeness (QED) is 0.0163. The van der Waals surface area contributed by atoms with Crippen molar-refractivity contribution in [2.45, 2.75) is 123 Å². The first-order chi connectivity index (χ1) is 36.0. The number of hydrogen-bond acceptors (Lipinski definition) is 25. The Hall–Kier alpha value is -6.07. The standard InChI is InChI=1S/C13H16O6.C12H21N3O6.C12H26O6.C3H3N3O3.C3H8O3.C3H6O/c1-4-11(14)17-7-10(8-18-12(15)5-2)9-19-13(16)6-3;1-7(16)4-13-10(19)14(5-8(2)17)12(21)15(11(13)20)6-9(3)18;1-9(13)4-16-7-12(18-6-11(3)15)8-17-5-10(2)14;7-1-4-2(8)6-3(9)5-1;4-1-3(6)2-5;1-3-2-4-3/h4-6,10H,1-3,7-9H2;7-9,16-18H,4-6H2,1-3H3;9-15H,4-8H2,1-3H3;(H3,4,5,6,7,8,9);3-6H,1-2H2;3H,2H2,1H3. The molecule has 2 aromatic heterocycles. The molecular formula is C46H80N6O25. The normalized spacial score (nSPS) is 14.8. The second kappa shape index (κ2) is 44.0. The van der Waals surface area contributed by atoms with E-state index in [0.29, 0.717) is 6.10 Å². The van der Waals surface area contributed by atoms with Crippen LogP contribution in [-0.4, -0.2) is 220 Å². The molecule has 77 heavy (non-hydrogen) atoms. The number of hydrogen-bond donors (Lipinski definition) is 12. The maximum Gasteiger partial charge on any atom is 0.336 e. The van der Waals surface area contributed by atoms with Crippen molar-refractivity contribution >= 4 is 17.9 Å². The molecule has 31 heteroatoms. The number of carbonyl (C=O) groups is 3. The number of aromatic amines is 3. The van der Waals surface area contributed by atoms with Crippen LogP contribution in [0.5, 0.6) is 0 Å². The van der Waals surface area contributed by atoms with Crippen LogP contribution >= 0.6 is 0 Å². The van der Waals surface area contributed by atoms with E-state index in [-0.39, 0.29) is 91.8 Å². The molecule has 0 amide bonds. The van der Waals surface area contributed by atoms with Gasteiger partial charge in [0.25, 0.3) is 0 Å². The molecule has 444 valence electrons. The Labute approximate surface area is 441 Å². The molecule has 2 aromatic rings. The average molecular weight is 1120 g/mol. The van der Waals surface area contributed by atoms with Crippen molar-refractivity contribution < 1.29 is 93.5 Å². The summed E-state index contributed by atoms with van der Waals surface area (Å²) >= 11 is 0. The molecule has 12 N–H and O–H groups in total. The number of aromatic nitrogens is 6. The van der Waals surface area contributed by atoms with Crippen molar-refractivity contribution in [3.8, 4) is 0 Å². The van der Waals surface area contributed by atoms with Crippen molar-refractivity contribution in [2.75, 3.05) is 72.7 Å². The summed E-state index contributed by atoms with van der Waals surface area (Å²) in [6.07, 6.45) is -2.19. The molecule has 0 bridgehead atoms. The number of aliphatic hydroxyl groups is 9. The van der Waals surface area contributed by atoms with E-state index in [4.69, 9.17) is 63.8 Å². The van der Waals surface area contributed by atoms with E-state index < -0.39 is 101 Å². The van der Waals surface area contributed by atoms with Crippen molar-refractivity contribution in [1.29, 1.82) is 0 Å². The monoisotopic (exact) mass is 1120 g/mol. The maximum atomic E-state index is 12.1. The van der Waals surface area contributed by atoms with E-state index in [1.54, 1.807) is 35.7 Å². The maximum absolute atomic E-state index is 12.1. The third kappa shape index (κ3) is 42.7. The Bertz CT molecular complexity index is 2050. The number of nitrogens with one attached hydrogen (secondary N) is 3. The molecule has 0 aliphatic carbocycles. The average Bonchev–Trinajstić information content (AvgIpc) is 4.15. The van der Waals surface area contributed by atoms with Crippen LogP contribution in [0.25, 0.3) is 0 Å². The van der Waals surface area contributed by atoms with Crippen molar-refractivity contribution in [3.63, 3.8) is 0 Å². The molecule has 31 nitrogen and oxygen atoms in total. The van der Waals surface area contributed by atoms with Crippen LogP contribution in [0.2, 0.25) is 0 Å². The van der Waals surface area contributed by atoms with Crippen LogP contribution in [-0.2, 0) is 67.2 Å². The van der Waals surface area contributed by atoms with Crippen LogP contribution in [0.3, 0.4) is 0 Å². The molecular weight excluding hydrogens is 1040 g/mol. The Morgan fingerprint density at radius 3 is 1.00 bits per heavy atom. The van der Waals surface area contributed by atoms with Crippen molar-refractivity contribution in [1.82, 2.24) is 28.7 Å². The topological polar surface area (TPSA) is 466 Å². The lowest BCUT2D eigenvalue weighted by Crippen LogP contribution is -2.56. The van der Waals surface area contributed by atoms with Gasteiger partial charge in [0.05, 0.1) is 121 Å². The van der Waals surface area contributed by atoms with Gasteiger partial charge in [-0.2, -0.15) is 0 Å². The van der Waals surface area contributed by atoms with Crippen LogP contribution in [0.15, 0.2) is 66.7 Å². The summed E-state index contributed by atoms with van der Waals surface area (Å²) in [4.78, 5) is 105. The molecule has 1 saturated heterocycles. The smallest absolute Gasteiger partial charge is 0.336 e. The van der Waals surface area contributed by atoms with Gasteiger partial charge < -0.3 is 79.1 Å². The lowest BCUT2D eigenvalue weighted by molar-refractivity contribution is -0.147. The molecule has 0 aromatic carbocycles. The predicted octanol–water partition coefficient (Wildman–Crippen LogP) is -5.86. The van der Waals surface area contributed by atoms with E-state index in [9.17, 15) is 58.5 Å². The fourth-order valence-corrected chi connectivity index (χ4v) is 4.58. The van der Waals surface area contributed by atoms with Gasteiger partial charge in [-0.25, -0.2) is 56.9 Å². The van der Waals surface area contributed by atoms with Crippen molar-refractivity contribution in [2.24, 2.45) is 5.92 Å². The van der Waals surface area contributed by atoms with E-state index >= 15 is 0 Å². The number of ether oxygens (including phenoxy) is 7. The highest BCUT2D eigenvalue weighted by molar-refractivity contribution is 5.82. The molecule has 0 radical (unpaired) electrons. The van der Waals surface area contributed by atoms with Gasteiger partial charge in [0, 0.05) is 18.2 Å². The highest BCUT2D eigenvalue weighted by Crippen LogP contribution is 2.04. The molecule has 0 spiro atoms. The number of epoxide rings is 1. The Morgan fingerprint density at radius 2 is 0.805 bits per heavy atom. The molecule has 1 fully saturated rings. The summed E-state index contributed by atoms with van der Waals surface area (Å²) in [6, 6.07) is 0. The Kier molecular flexibility index (Phi) is 42.9. The van der Waals surface area contributed by atoms with Gasteiger partial charge in [-0.15, -0.1) is 0 Å². The fraction of sp³-hybridized carbons (Fsp3) is 0.674. The number of rotatable bonds is 28. The summed E-state index contributed by atoms with van der Waals surface area (Å²) < 4.78 is 37.1. The summed E-state index contributed by atoms with van der Waals surface area (Å²) in [5, 5.41) is 79.4. The highest BCUT2D eigenvalue weighted by atomic mass is 16.6. The van der Waals surface area contributed by atoms with E-state index in [2.05, 4.69) is 26.7 Å². The van der Waals surface area contributed by atoms with Crippen molar-refractivity contribution in [3.05, 3.63) is 101 Å². The van der Waals surface area contributed by atoms with Crippen LogP contribution < -0.4 is 34.1 Å². The molecule has 3 rings (SSSR count). The zero-order valence-electron chi connectivity index (χ0n) is 44.4. The molecule has 1 aliphatic rings. The summed E-state index contributed by atoms with van der Waals surface area (Å²) in [7, 11) is 0. The van der Waals surface area contributed by atoms with E-state index in [0.717, 1.165) is 38.5 Å². The first kappa shape index (κ1) is 75.2. The largest absolute Gasteiger partial charge is 0.462 e. The molecule has 7 atom stereocenters. The lowest BCUT2D eigenvalue weighted by Gasteiger charge is -2.20. The number of nitrogens with zero attached hydrogens (tertiary/aromatic N) is 3. The molecule has 1 aliphatic heterocycles. The summed E-state index contributed by atoms with van der Waals surface area (Å²) in [5.74, 6) is -2.32. The third-order valence-electron chi connectivity index (χ3n) is 8.11. The summed E-state index contributed by atoms with van der Waals surface area (Å²) in [6.45, 7) is 21.3. The zero-order valence-corrected chi connectivity index (χ0v) is 44.4. The lowest BCUT2D eigenvalue weighted by atomic mass is 10.2. The van der Waals surface area contributed by atoms with Gasteiger partial charge in [-0.1, -0.05) is 19.7 Å². The number of aliphatic hydroxyl groups excluding tert-OH is 9. The Balaban J connectivity index is -0.000000911. The minimum absolute atomic E-state index is 0.0697. The molecule has 0 saturated carbocycles. The third-order valence-corrected chi connectivity index (χ3v) is 8.11. The van der Waals surface area contributed by atoms with Gasteiger partial charge in [0.15, 0.2) is 0 Å². The van der Waals surface area contributed by atoms with Crippen LogP contribution in [0.1, 0.15) is 48.5 Å². The minimum atomic E-state index is -0.965. The van der Waals surface area contributed by atoms with E-state index in [1.807, 2.05) is 0 Å². The summed E-state index contributed by atoms with van der Waals surface area (Å²) in [5.41, 5.74) is -5.09. The highest BCUT2D eigenvalue weighted by Gasteiger charge is 2.19. The zero-order chi connectivity index (χ0) is 59.8. The number of esters is 3. The Morgan fingerprint density at radius 1 is 0.532 bits per heavy atom. The minimum Gasteiger partial charge on any atom is -0.462 e. The first-order valence-corrected chi connectivity index (χ1v) is 23.6. The van der Waals surface area contributed by atoms with Gasteiger partial charge >= 0.3 is 52.0 Å². The number of H-pyrrole nitrogens is 3. The number of carbonyl (C=O) groups excluding carboxylic acids is 3. The molecule has 3 heterocycles. The second-order valence-corrected chi connectivity index (χ2v) is 16.7. The fourth-order valence-electron chi connectivity index (χ4n) is 4.58. The predicted molar refractivity (Wildman–Crippen MR) is 272 cm³/mol. The van der Waals surface area contributed by atoms with Crippen LogP contribution in [0.4, 0.5) is 0 Å². The van der Waals surface area contributed by atoms with Crippen LogP contribution in [0, 0.1) is 5.92 Å². The van der Waals surface area contributed by atoms with E-state index in [1.165, 1.54) is 20.8 Å². The van der Waals surface area contributed by atoms with Gasteiger partial charge in [-0.3, -0.25) is 15.0 Å². The van der Waals surface area contributed by atoms with Gasteiger partial charge in [-0.05, 0) is 48.5 Å². The SMILES string of the molecule is C=CC(=O)OCC(COC(=O)C=C)COC(=O)C=C.CC(O)COCC(COCC(C)O)OCC(C)O.CC(O)Cn1c(=O)n(CC(C)O)c(=O)n(CC(C)O)c1=O.CC1CO1.O=c1[nH]c(=O)[nH]c(=O)[nH]1.OCC(O)CO. The molecule has 7 unspecified atom stereocenters. The van der Waals surface area contributed by atoms with Gasteiger partial charge in [0.2, 0.25) is 0 Å². The van der Waals surface area contributed by atoms with Gasteiger partial charge in [0.1, 0.15) is 32.0 Å². The first-order valence-electron chi connectivity index (χ1n) is 23.6. The second-order valence-electron chi connectivity index (χ2n) is 16.7.